The monoisotopic (exact) mass is 317 g/mol. The lowest BCUT2D eigenvalue weighted by Crippen LogP contribution is -2.36. The third kappa shape index (κ3) is 5.93. The van der Waals surface area contributed by atoms with Crippen LogP contribution in [0.1, 0.15) is 56.3 Å². The summed E-state index contributed by atoms with van der Waals surface area (Å²) in [5, 5.41) is 8.98. The normalized spacial score (nSPS) is 15.3. The number of rotatable bonds is 6. The third-order valence-electron chi connectivity index (χ3n) is 3.99. The summed E-state index contributed by atoms with van der Waals surface area (Å²) >= 11 is 0. The van der Waals surface area contributed by atoms with Crippen molar-refractivity contribution in [2.75, 3.05) is 11.9 Å². The molecule has 0 unspecified atom stereocenters. The summed E-state index contributed by atoms with van der Waals surface area (Å²) in [6.45, 7) is 4.08. The Labute approximate surface area is 138 Å². The van der Waals surface area contributed by atoms with Crippen molar-refractivity contribution in [3.05, 3.63) is 29.8 Å². The predicted octanol–water partition coefficient (Wildman–Crippen LogP) is 2.69. The second-order valence-corrected chi connectivity index (χ2v) is 6.46. The van der Waals surface area contributed by atoms with Gasteiger partial charge < -0.3 is 16.0 Å². The number of carbonyl (C=O) groups is 2. The molecule has 1 saturated carbocycles. The largest absolute Gasteiger partial charge is 0.376 e. The van der Waals surface area contributed by atoms with Crippen molar-refractivity contribution in [3.63, 3.8) is 0 Å². The van der Waals surface area contributed by atoms with Crippen LogP contribution in [-0.4, -0.2) is 30.4 Å². The summed E-state index contributed by atoms with van der Waals surface area (Å²) in [5.74, 6) is -0.0554. The summed E-state index contributed by atoms with van der Waals surface area (Å²) in [4.78, 5) is 23.8. The highest BCUT2D eigenvalue weighted by Crippen LogP contribution is 2.18. The Morgan fingerprint density at radius 1 is 1.09 bits per heavy atom. The van der Waals surface area contributed by atoms with Gasteiger partial charge in [0, 0.05) is 23.3 Å². The smallest absolute Gasteiger partial charge is 0.251 e. The molecule has 126 valence electrons. The van der Waals surface area contributed by atoms with Crippen LogP contribution in [0.4, 0.5) is 5.69 Å². The lowest BCUT2D eigenvalue weighted by Gasteiger charge is -2.22. The number of nitrogens with one attached hydrogen (secondary N) is 3. The summed E-state index contributed by atoms with van der Waals surface area (Å²) in [7, 11) is 0. The molecule has 0 radical (unpaired) electrons. The topological polar surface area (TPSA) is 70.2 Å². The van der Waals surface area contributed by atoms with Crippen molar-refractivity contribution in [2.45, 2.75) is 58.0 Å². The fourth-order valence-corrected chi connectivity index (χ4v) is 2.81. The molecule has 0 bridgehead atoms. The zero-order valence-corrected chi connectivity index (χ0v) is 14.0. The molecule has 2 amide bonds. The summed E-state index contributed by atoms with van der Waals surface area (Å²) < 4.78 is 0. The molecule has 0 atom stereocenters. The molecular formula is C18H27N3O2. The molecule has 1 fully saturated rings. The first-order valence-corrected chi connectivity index (χ1v) is 8.49. The Hall–Kier alpha value is -2.04. The predicted molar refractivity (Wildman–Crippen MR) is 92.5 cm³/mol. The second-order valence-electron chi connectivity index (χ2n) is 6.46. The summed E-state index contributed by atoms with van der Waals surface area (Å²) in [6.07, 6.45) is 5.84. The molecular weight excluding hydrogens is 290 g/mol. The van der Waals surface area contributed by atoms with Gasteiger partial charge in [-0.1, -0.05) is 19.3 Å². The second kappa shape index (κ2) is 8.56. The van der Waals surface area contributed by atoms with E-state index in [2.05, 4.69) is 16.0 Å². The van der Waals surface area contributed by atoms with Gasteiger partial charge in [0.05, 0.1) is 6.54 Å². The van der Waals surface area contributed by atoms with Gasteiger partial charge in [-0.05, 0) is 51.0 Å². The number of anilines is 1. The maximum Gasteiger partial charge on any atom is 0.251 e. The molecule has 0 spiro atoms. The maximum absolute atomic E-state index is 12.2. The molecule has 1 aliphatic carbocycles. The van der Waals surface area contributed by atoms with E-state index in [-0.39, 0.29) is 24.4 Å². The van der Waals surface area contributed by atoms with E-state index in [1.165, 1.54) is 19.3 Å². The van der Waals surface area contributed by atoms with Gasteiger partial charge in [-0.2, -0.15) is 0 Å². The van der Waals surface area contributed by atoms with Crippen LogP contribution < -0.4 is 16.0 Å². The maximum atomic E-state index is 12.2. The number of hydrogen-bond donors (Lipinski definition) is 3. The van der Waals surface area contributed by atoms with Crippen molar-refractivity contribution in [3.8, 4) is 0 Å². The number of carbonyl (C=O) groups excluding carboxylic acids is 2. The highest BCUT2D eigenvalue weighted by molar-refractivity contribution is 5.94. The summed E-state index contributed by atoms with van der Waals surface area (Å²) in [5.41, 5.74) is 1.49. The van der Waals surface area contributed by atoms with Crippen LogP contribution in [-0.2, 0) is 4.79 Å². The minimum Gasteiger partial charge on any atom is -0.376 e. The third-order valence-corrected chi connectivity index (χ3v) is 3.99. The minimum absolute atomic E-state index is 0.0130. The molecule has 0 heterocycles. The Morgan fingerprint density at radius 3 is 2.35 bits per heavy atom. The van der Waals surface area contributed by atoms with E-state index in [1.54, 1.807) is 12.1 Å². The van der Waals surface area contributed by atoms with E-state index in [4.69, 9.17) is 0 Å². The zero-order chi connectivity index (χ0) is 16.7. The van der Waals surface area contributed by atoms with Crippen LogP contribution in [0.3, 0.4) is 0 Å². The van der Waals surface area contributed by atoms with E-state index < -0.39 is 0 Å². The molecule has 3 N–H and O–H groups in total. The summed E-state index contributed by atoms with van der Waals surface area (Å²) in [6, 6.07) is 7.70. The van der Waals surface area contributed by atoms with Crippen molar-refractivity contribution in [1.82, 2.24) is 10.6 Å². The van der Waals surface area contributed by atoms with Crippen LogP contribution >= 0.6 is 0 Å². The fourth-order valence-electron chi connectivity index (χ4n) is 2.81. The van der Waals surface area contributed by atoms with Gasteiger partial charge >= 0.3 is 0 Å². The van der Waals surface area contributed by atoms with E-state index in [0.717, 1.165) is 18.5 Å². The Morgan fingerprint density at radius 2 is 1.74 bits per heavy atom. The Balaban J connectivity index is 1.81. The van der Waals surface area contributed by atoms with Crippen LogP contribution in [0.2, 0.25) is 0 Å². The quantitative estimate of drug-likeness (QED) is 0.755. The average molecular weight is 317 g/mol. The Bertz CT molecular complexity index is 520. The Kier molecular flexibility index (Phi) is 6.44. The molecule has 23 heavy (non-hydrogen) atoms. The van der Waals surface area contributed by atoms with Gasteiger partial charge in [0.25, 0.3) is 5.91 Å². The lowest BCUT2D eigenvalue weighted by atomic mass is 9.95. The average Bonchev–Trinajstić information content (AvgIpc) is 2.54. The SMILES string of the molecule is CC(C)NC(=O)CNc1ccc(C(=O)NC2CCCCC2)cc1. The van der Waals surface area contributed by atoms with Crippen molar-refractivity contribution in [1.29, 1.82) is 0 Å². The number of benzene rings is 1. The van der Waals surface area contributed by atoms with Gasteiger partial charge in [0.1, 0.15) is 0 Å². The van der Waals surface area contributed by atoms with E-state index in [1.807, 2.05) is 26.0 Å². The first kappa shape index (κ1) is 17.3. The van der Waals surface area contributed by atoms with Gasteiger partial charge in [-0.15, -0.1) is 0 Å². The molecule has 2 rings (SSSR count). The lowest BCUT2D eigenvalue weighted by molar-refractivity contribution is -0.119. The highest BCUT2D eigenvalue weighted by atomic mass is 16.2. The molecule has 1 aromatic carbocycles. The molecule has 0 saturated heterocycles. The number of amides is 2. The van der Waals surface area contributed by atoms with Crippen molar-refractivity contribution >= 4 is 17.5 Å². The van der Waals surface area contributed by atoms with Gasteiger partial charge in [0.2, 0.25) is 5.91 Å². The van der Waals surface area contributed by atoms with Crippen molar-refractivity contribution < 1.29 is 9.59 Å². The zero-order valence-electron chi connectivity index (χ0n) is 14.0. The highest BCUT2D eigenvalue weighted by Gasteiger charge is 2.16. The van der Waals surface area contributed by atoms with E-state index in [9.17, 15) is 9.59 Å². The van der Waals surface area contributed by atoms with Crippen molar-refractivity contribution in [2.24, 2.45) is 0 Å². The molecule has 0 aliphatic heterocycles. The molecule has 1 aromatic rings. The number of hydrogen-bond acceptors (Lipinski definition) is 3. The molecule has 1 aliphatic rings. The molecule has 5 nitrogen and oxygen atoms in total. The van der Waals surface area contributed by atoms with E-state index in [0.29, 0.717) is 11.6 Å². The first-order valence-electron chi connectivity index (χ1n) is 8.49. The van der Waals surface area contributed by atoms with Crippen LogP contribution in [0, 0.1) is 0 Å². The molecule has 5 heteroatoms. The van der Waals surface area contributed by atoms with Crippen LogP contribution in [0.25, 0.3) is 0 Å². The van der Waals surface area contributed by atoms with Gasteiger partial charge in [-0.25, -0.2) is 0 Å². The fraction of sp³-hybridized carbons (Fsp3) is 0.556. The standard InChI is InChI=1S/C18H27N3O2/c1-13(2)20-17(22)12-19-15-10-8-14(9-11-15)18(23)21-16-6-4-3-5-7-16/h8-11,13,16,19H,3-7,12H2,1-2H3,(H,20,22)(H,21,23). The first-order chi connectivity index (χ1) is 11.0. The molecule has 0 aromatic heterocycles. The van der Waals surface area contributed by atoms with E-state index >= 15 is 0 Å². The van der Waals surface area contributed by atoms with Gasteiger partial charge in [0.15, 0.2) is 0 Å². The van der Waals surface area contributed by atoms with Crippen LogP contribution in [0.5, 0.6) is 0 Å². The van der Waals surface area contributed by atoms with Gasteiger partial charge in [-0.3, -0.25) is 9.59 Å². The van der Waals surface area contributed by atoms with Crippen LogP contribution in [0.15, 0.2) is 24.3 Å². The minimum atomic E-state index is -0.0425.